The number of furan rings is 1. The van der Waals surface area contributed by atoms with E-state index >= 15 is 0 Å². The largest absolute Gasteiger partial charge is 0.459 e. The molecule has 0 radical (unpaired) electrons. The van der Waals surface area contributed by atoms with Gasteiger partial charge in [0, 0.05) is 38.2 Å². The number of hydrogen-bond donors (Lipinski definition) is 0. The van der Waals surface area contributed by atoms with E-state index in [-0.39, 0.29) is 11.3 Å². The molecule has 2 aromatic rings. The number of amides is 2. The number of carbonyl (C=O) groups excluding carboxylic acids is 2. The second-order valence-electron chi connectivity index (χ2n) is 9.29. The highest BCUT2D eigenvalue weighted by Gasteiger charge is 2.46. The maximum atomic E-state index is 12.9. The molecule has 1 atom stereocenters. The highest BCUT2D eigenvalue weighted by atomic mass is 16.3. The summed E-state index contributed by atoms with van der Waals surface area (Å²) >= 11 is 0. The summed E-state index contributed by atoms with van der Waals surface area (Å²) in [6.07, 6.45) is 7.39. The fraction of sp³-hybridized carbons (Fsp3) is 0.520. The minimum atomic E-state index is -0.000562. The lowest BCUT2D eigenvalue weighted by molar-refractivity contribution is -0.130. The molecule has 1 unspecified atom stereocenters. The van der Waals surface area contributed by atoms with Crippen LogP contribution in [0.4, 0.5) is 0 Å². The summed E-state index contributed by atoms with van der Waals surface area (Å²) in [7, 11) is 0. The van der Waals surface area contributed by atoms with Gasteiger partial charge in [0.1, 0.15) is 0 Å². The van der Waals surface area contributed by atoms with Gasteiger partial charge in [-0.2, -0.15) is 0 Å². The summed E-state index contributed by atoms with van der Waals surface area (Å²) in [6, 6.07) is 10.5. The number of benzene rings is 1. The van der Waals surface area contributed by atoms with Crippen molar-refractivity contribution in [2.24, 2.45) is 0 Å². The van der Waals surface area contributed by atoms with Crippen molar-refractivity contribution in [3.63, 3.8) is 0 Å². The molecule has 5 nitrogen and oxygen atoms in total. The minimum Gasteiger partial charge on any atom is -0.459 e. The van der Waals surface area contributed by atoms with E-state index in [0.29, 0.717) is 24.0 Å². The van der Waals surface area contributed by atoms with Gasteiger partial charge >= 0.3 is 0 Å². The number of nitrogens with zero attached hydrogens (tertiary/aromatic N) is 2. The SMILES string of the molecule is Cc1ccoc1C(=O)N1CCC2(CC1)CC(CC(=O)N1CCCC1)c1ccccc12. The Morgan fingerprint density at radius 1 is 1.03 bits per heavy atom. The zero-order chi connectivity index (χ0) is 20.7. The van der Waals surface area contributed by atoms with Crippen molar-refractivity contribution in [2.75, 3.05) is 26.2 Å². The summed E-state index contributed by atoms with van der Waals surface area (Å²) in [5, 5.41) is 0. The normalized spacial score (nSPS) is 22.5. The summed E-state index contributed by atoms with van der Waals surface area (Å²) < 4.78 is 5.43. The number of fused-ring (bicyclic) bond motifs is 2. The number of aryl methyl sites for hydroxylation is 1. The molecular formula is C25H30N2O3. The van der Waals surface area contributed by atoms with E-state index in [1.54, 1.807) is 6.26 Å². The molecule has 1 spiro atoms. The predicted molar refractivity (Wildman–Crippen MR) is 114 cm³/mol. The Balaban J connectivity index is 1.32. The van der Waals surface area contributed by atoms with Gasteiger partial charge < -0.3 is 14.2 Å². The predicted octanol–water partition coefficient (Wildman–Crippen LogP) is 4.26. The van der Waals surface area contributed by atoms with Crippen LogP contribution in [0.2, 0.25) is 0 Å². The van der Waals surface area contributed by atoms with Crippen LogP contribution < -0.4 is 0 Å². The Morgan fingerprint density at radius 3 is 2.47 bits per heavy atom. The third-order valence-electron chi connectivity index (χ3n) is 7.55. The standard InChI is InChI=1S/C25H30N2O3/c1-18-8-15-30-23(18)24(29)27-13-9-25(10-14-27)17-19(20-6-2-3-7-21(20)25)16-22(28)26-11-4-5-12-26/h2-3,6-8,15,19H,4-5,9-14,16-17H2,1H3. The first-order chi connectivity index (χ1) is 14.6. The van der Waals surface area contributed by atoms with Crippen molar-refractivity contribution < 1.29 is 14.0 Å². The van der Waals surface area contributed by atoms with Crippen LogP contribution in [-0.2, 0) is 10.2 Å². The molecule has 2 aliphatic heterocycles. The lowest BCUT2D eigenvalue weighted by Crippen LogP contribution is -2.44. The molecule has 1 aromatic carbocycles. The van der Waals surface area contributed by atoms with Crippen LogP contribution in [0.3, 0.4) is 0 Å². The molecule has 30 heavy (non-hydrogen) atoms. The van der Waals surface area contributed by atoms with Crippen molar-refractivity contribution in [2.45, 2.75) is 56.8 Å². The summed E-state index contributed by atoms with van der Waals surface area (Å²) in [5.74, 6) is 1.07. The Hall–Kier alpha value is -2.56. The smallest absolute Gasteiger partial charge is 0.289 e. The molecule has 0 N–H and O–H groups in total. The van der Waals surface area contributed by atoms with E-state index in [2.05, 4.69) is 24.3 Å². The Bertz CT molecular complexity index is 949. The molecule has 5 rings (SSSR count). The number of likely N-dealkylation sites (tertiary alicyclic amines) is 2. The average molecular weight is 407 g/mol. The number of hydrogen-bond acceptors (Lipinski definition) is 3. The van der Waals surface area contributed by atoms with E-state index in [1.165, 1.54) is 11.1 Å². The zero-order valence-corrected chi connectivity index (χ0v) is 17.7. The van der Waals surface area contributed by atoms with Crippen molar-refractivity contribution in [3.05, 3.63) is 59.0 Å². The van der Waals surface area contributed by atoms with Gasteiger partial charge in [0.05, 0.1) is 6.26 Å². The molecule has 3 heterocycles. The number of rotatable bonds is 3. The van der Waals surface area contributed by atoms with Crippen LogP contribution in [0.25, 0.3) is 0 Å². The van der Waals surface area contributed by atoms with Gasteiger partial charge in [-0.3, -0.25) is 9.59 Å². The fourth-order valence-electron chi connectivity index (χ4n) is 5.86. The van der Waals surface area contributed by atoms with Crippen molar-refractivity contribution in [1.82, 2.24) is 9.80 Å². The second-order valence-corrected chi connectivity index (χ2v) is 9.29. The topological polar surface area (TPSA) is 53.8 Å². The van der Waals surface area contributed by atoms with Crippen LogP contribution in [0.1, 0.15) is 71.7 Å². The van der Waals surface area contributed by atoms with Crippen LogP contribution in [-0.4, -0.2) is 47.8 Å². The molecule has 5 heteroatoms. The third kappa shape index (κ3) is 3.24. The van der Waals surface area contributed by atoms with Gasteiger partial charge in [0.2, 0.25) is 5.91 Å². The maximum absolute atomic E-state index is 12.9. The van der Waals surface area contributed by atoms with Crippen LogP contribution in [0.5, 0.6) is 0 Å². The van der Waals surface area contributed by atoms with Gasteiger partial charge in [-0.05, 0) is 67.6 Å². The molecule has 2 amide bonds. The van der Waals surface area contributed by atoms with Crippen LogP contribution in [0.15, 0.2) is 41.0 Å². The van der Waals surface area contributed by atoms with E-state index in [1.807, 2.05) is 22.8 Å². The third-order valence-corrected chi connectivity index (χ3v) is 7.55. The van der Waals surface area contributed by atoms with Crippen molar-refractivity contribution in [1.29, 1.82) is 0 Å². The van der Waals surface area contributed by atoms with Gasteiger partial charge in [0.25, 0.3) is 5.91 Å². The summed E-state index contributed by atoms with van der Waals surface area (Å²) in [6.45, 7) is 5.22. The molecular weight excluding hydrogens is 376 g/mol. The Labute approximate surface area is 178 Å². The summed E-state index contributed by atoms with van der Waals surface area (Å²) in [4.78, 5) is 29.7. The van der Waals surface area contributed by atoms with Gasteiger partial charge in [-0.15, -0.1) is 0 Å². The molecule has 2 saturated heterocycles. The van der Waals surface area contributed by atoms with E-state index in [9.17, 15) is 9.59 Å². The fourth-order valence-corrected chi connectivity index (χ4v) is 5.86. The average Bonchev–Trinajstić information content (AvgIpc) is 3.50. The lowest BCUT2D eigenvalue weighted by Gasteiger charge is -2.40. The number of carbonyl (C=O) groups is 2. The van der Waals surface area contributed by atoms with Gasteiger partial charge in [-0.1, -0.05) is 24.3 Å². The molecule has 1 aliphatic carbocycles. The number of piperidine rings is 1. The summed E-state index contributed by atoms with van der Waals surface area (Å²) in [5.41, 5.74) is 3.74. The van der Waals surface area contributed by atoms with Crippen molar-refractivity contribution >= 4 is 11.8 Å². The molecule has 3 aliphatic rings. The first-order valence-corrected chi connectivity index (χ1v) is 11.3. The van der Waals surface area contributed by atoms with Crippen LogP contribution in [0, 0.1) is 6.92 Å². The maximum Gasteiger partial charge on any atom is 0.289 e. The van der Waals surface area contributed by atoms with Crippen molar-refractivity contribution in [3.8, 4) is 0 Å². The van der Waals surface area contributed by atoms with Crippen LogP contribution >= 0.6 is 0 Å². The quantitative estimate of drug-likeness (QED) is 0.765. The molecule has 0 saturated carbocycles. The van der Waals surface area contributed by atoms with Gasteiger partial charge in [-0.25, -0.2) is 0 Å². The minimum absolute atomic E-state index is 0.000562. The Kier molecular flexibility index (Phi) is 4.92. The first-order valence-electron chi connectivity index (χ1n) is 11.3. The lowest BCUT2D eigenvalue weighted by atomic mass is 9.73. The van der Waals surface area contributed by atoms with E-state index in [4.69, 9.17) is 4.42 Å². The first kappa shape index (κ1) is 19.4. The van der Waals surface area contributed by atoms with Gasteiger partial charge in [0.15, 0.2) is 5.76 Å². The Morgan fingerprint density at radius 2 is 1.77 bits per heavy atom. The molecule has 158 valence electrons. The highest BCUT2D eigenvalue weighted by molar-refractivity contribution is 5.93. The van der Waals surface area contributed by atoms with E-state index < -0.39 is 0 Å². The van der Waals surface area contributed by atoms with E-state index in [0.717, 1.165) is 63.8 Å². The monoisotopic (exact) mass is 406 g/mol. The zero-order valence-electron chi connectivity index (χ0n) is 17.7. The molecule has 0 bridgehead atoms. The molecule has 1 aromatic heterocycles. The highest BCUT2D eigenvalue weighted by Crippen LogP contribution is 2.52. The molecule has 2 fully saturated rings. The second kappa shape index (κ2) is 7.60.